The highest BCUT2D eigenvalue weighted by Gasteiger charge is 2.43. The van der Waals surface area contributed by atoms with E-state index in [0.29, 0.717) is 0 Å². The van der Waals surface area contributed by atoms with Crippen LogP contribution in [-0.2, 0) is 6.42 Å². The third kappa shape index (κ3) is 2.55. The van der Waals surface area contributed by atoms with Crippen molar-refractivity contribution in [2.45, 2.75) is 12.5 Å². The minimum Gasteiger partial charge on any atom is -0.394 e. The monoisotopic (exact) mass is 326 g/mol. The number of aliphatic hydroxyl groups excluding tert-OH is 1. The highest BCUT2D eigenvalue weighted by Crippen LogP contribution is 2.32. The number of carbonyl (C=O) groups is 2. The molecule has 0 saturated carbocycles. The summed E-state index contributed by atoms with van der Waals surface area (Å²) in [5.74, 6) is -1.36. The molecule has 2 aromatic rings. The minimum absolute atomic E-state index is 0.000659. The molecule has 1 heterocycles. The summed E-state index contributed by atoms with van der Waals surface area (Å²) in [4.78, 5) is 36.5. The summed E-state index contributed by atoms with van der Waals surface area (Å²) < 4.78 is 0. The molecule has 0 bridgehead atoms. The van der Waals surface area contributed by atoms with Crippen molar-refractivity contribution in [3.05, 3.63) is 75.3 Å². The summed E-state index contributed by atoms with van der Waals surface area (Å²) in [5, 5.41) is 20.8. The van der Waals surface area contributed by atoms with Gasteiger partial charge in [-0.3, -0.25) is 24.6 Å². The molecule has 2 amide bonds. The van der Waals surface area contributed by atoms with E-state index in [1.54, 1.807) is 0 Å². The molecule has 1 unspecified atom stereocenters. The third-order valence-corrected chi connectivity index (χ3v) is 4.01. The van der Waals surface area contributed by atoms with E-state index in [-0.39, 0.29) is 17.5 Å². The lowest BCUT2D eigenvalue weighted by Crippen LogP contribution is -2.43. The maximum Gasteiger partial charge on any atom is 0.282 e. The molecule has 1 aliphatic heterocycles. The van der Waals surface area contributed by atoms with Crippen LogP contribution in [0.25, 0.3) is 0 Å². The number of aliphatic hydroxyl groups is 1. The Kier molecular flexibility index (Phi) is 4.09. The van der Waals surface area contributed by atoms with E-state index in [0.717, 1.165) is 10.5 Å². The molecule has 7 heteroatoms. The maximum atomic E-state index is 12.6. The van der Waals surface area contributed by atoms with Crippen LogP contribution in [0.15, 0.2) is 48.5 Å². The molecule has 0 aromatic heterocycles. The summed E-state index contributed by atoms with van der Waals surface area (Å²) in [5.41, 5.74) is 0.243. The van der Waals surface area contributed by atoms with Crippen LogP contribution in [-0.4, -0.2) is 39.4 Å². The van der Waals surface area contributed by atoms with Gasteiger partial charge < -0.3 is 5.11 Å². The second-order valence-corrected chi connectivity index (χ2v) is 5.46. The van der Waals surface area contributed by atoms with Crippen LogP contribution in [0.3, 0.4) is 0 Å². The zero-order valence-corrected chi connectivity index (χ0v) is 12.6. The van der Waals surface area contributed by atoms with Crippen LogP contribution in [0.5, 0.6) is 0 Å². The first-order valence-electron chi connectivity index (χ1n) is 7.34. The third-order valence-electron chi connectivity index (χ3n) is 4.01. The number of hydrogen-bond acceptors (Lipinski definition) is 5. The number of imide groups is 1. The first-order valence-corrected chi connectivity index (χ1v) is 7.34. The van der Waals surface area contributed by atoms with E-state index >= 15 is 0 Å². The van der Waals surface area contributed by atoms with E-state index in [1.165, 1.54) is 18.2 Å². The van der Waals surface area contributed by atoms with Crippen LogP contribution in [0, 0.1) is 10.1 Å². The van der Waals surface area contributed by atoms with Crippen molar-refractivity contribution in [2.24, 2.45) is 0 Å². The standard InChI is InChI=1S/C17H14N2O5/c20-10-12(9-11-5-2-1-3-6-11)18-16(21)13-7-4-8-14(19(23)24)15(13)17(18)22/h1-8,12,20H,9-10H2. The molecule has 2 aromatic carbocycles. The van der Waals surface area contributed by atoms with Gasteiger partial charge >= 0.3 is 0 Å². The molecule has 1 atom stereocenters. The Morgan fingerprint density at radius 3 is 2.38 bits per heavy atom. The molecule has 24 heavy (non-hydrogen) atoms. The Morgan fingerprint density at radius 2 is 1.75 bits per heavy atom. The van der Waals surface area contributed by atoms with Crippen LogP contribution in [0.4, 0.5) is 5.69 Å². The molecule has 0 spiro atoms. The Balaban J connectivity index is 1.97. The predicted octanol–water partition coefficient (Wildman–Crippen LogP) is 1.79. The number of nitrogens with zero attached hydrogens (tertiary/aromatic N) is 2. The number of carbonyl (C=O) groups excluding carboxylic acids is 2. The van der Waals surface area contributed by atoms with Gasteiger partial charge in [-0.25, -0.2) is 0 Å². The number of amides is 2. The Labute approximate surface area is 137 Å². The van der Waals surface area contributed by atoms with Gasteiger partial charge in [0.15, 0.2) is 0 Å². The number of hydrogen-bond donors (Lipinski definition) is 1. The second-order valence-electron chi connectivity index (χ2n) is 5.46. The van der Waals surface area contributed by atoms with Crippen LogP contribution in [0.2, 0.25) is 0 Å². The van der Waals surface area contributed by atoms with Crippen molar-refractivity contribution in [3.63, 3.8) is 0 Å². The molecule has 1 aliphatic rings. The summed E-state index contributed by atoms with van der Waals surface area (Å²) in [6.07, 6.45) is 0.274. The van der Waals surface area contributed by atoms with Gasteiger partial charge in [-0.2, -0.15) is 0 Å². The van der Waals surface area contributed by atoms with Gasteiger partial charge in [0.1, 0.15) is 5.56 Å². The maximum absolute atomic E-state index is 12.6. The topological polar surface area (TPSA) is 101 Å². The average Bonchev–Trinajstić information content (AvgIpc) is 2.85. The SMILES string of the molecule is O=C1c2cccc([N+](=O)[O-])c2C(=O)N1C(CO)Cc1ccccc1. The average molecular weight is 326 g/mol. The Morgan fingerprint density at radius 1 is 1.04 bits per heavy atom. The Hall–Kier alpha value is -3.06. The fourth-order valence-corrected chi connectivity index (χ4v) is 2.89. The van der Waals surface area contributed by atoms with Gasteiger partial charge in [-0.15, -0.1) is 0 Å². The van der Waals surface area contributed by atoms with Crippen LogP contribution >= 0.6 is 0 Å². The van der Waals surface area contributed by atoms with Crippen LogP contribution < -0.4 is 0 Å². The van der Waals surface area contributed by atoms with Crippen molar-refractivity contribution in [1.82, 2.24) is 4.90 Å². The second kappa shape index (κ2) is 6.21. The quantitative estimate of drug-likeness (QED) is 0.513. The van der Waals surface area contributed by atoms with Crippen molar-refractivity contribution in [3.8, 4) is 0 Å². The lowest BCUT2D eigenvalue weighted by Gasteiger charge is -2.24. The molecule has 0 fully saturated rings. The first-order chi connectivity index (χ1) is 11.5. The van der Waals surface area contributed by atoms with E-state index in [2.05, 4.69) is 0 Å². The molecule has 0 saturated heterocycles. The Bertz CT molecular complexity index is 819. The number of benzene rings is 2. The summed E-state index contributed by atoms with van der Waals surface area (Å²) in [6, 6.07) is 12.3. The molecule has 1 N–H and O–H groups in total. The first kappa shape index (κ1) is 15.8. The molecule has 122 valence electrons. The van der Waals surface area contributed by atoms with Crippen LogP contribution in [0.1, 0.15) is 26.3 Å². The van der Waals surface area contributed by atoms with Crippen molar-refractivity contribution in [2.75, 3.05) is 6.61 Å². The molecule has 7 nitrogen and oxygen atoms in total. The van der Waals surface area contributed by atoms with Crippen molar-refractivity contribution < 1.29 is 19.6 Å². The highest BCUT2D eigenvalue weighted by atomic mass is 16.6. The fourth-order valence-electron chi connectivity index (χ4n) is 2.89. The van der Waals surface area contributed by atoms with E-state index in [4.69, 9.17) is 0 Å². The zero-order chi connectivity index (χ0) is 17.3. The summed E-state index contributed by atoms with van der Waals surface area (Å²) in [7, 11) is 0. The van der Waals surface area contributed by atoms with Gasteiger partial charge in [-0.05, 0) is 18.1 Å². The largest absolute Gasteiger partial charge is 0.394 e. The minimum atomic E-state index is -0.778. The number of fused-ring (bicyclic) bond motifs is 1. The smallest absolute Gasteiger partial charge is 0.282 e. The fraction of sp³-hybridized carbons (Fsp3) is 0.176. The summed E-state index contributed by atoms with van der Waals surface area (Å²) in [6.45, 7) is -0.422. The van der Waals surface area contributed by atoms with E-state index in [1.807, 2.05) is 30.3 Å². The number of rotatable bonds is 5. The summed E-state index contributed by atoms with van der Waals surface area (Å²) >= 11 is 0. The van der Waals surface area contributed by atoms with Gasteiger partial charge in [-0.1, -0.05) is 36.4 Å². The molecule has 0 aliphatic carbocycles. The number of nitro groups is 1. The molecule has 0 radical (unpaired) electrons. The predicted molar refractivity (Wildman–Crippen MR) is 84.6 cm³/mol. The van der Waals surface area contributed by atoms with Gasteiger partial charge in [0.2, 0.25) is 0 Å². The van der Waals surface area contributed by atoms with Gasteiger partial charge in [0, 0.05) is 6.07 Å². The lowest BCUT2D eigenvalue weighted by molar-refractivity contribution is -0.385. The lowest BCUT2D eigenvalue weighted by atomic mass is 10.1. The van der Waals surface area contributed by atoms with Crippen molar-refractivity contribution >= 4 is 17.5 Å². The van der Waals surface area contributed by atoms with Gasteiger partial charge in [0.05, 0.1) is 23.1 Å². The highest BCUT2D eigenvalue weighted by molar-refractivity contribution is 6.23. The molecular formula is C17H14N2O5. The molecule has 3 rings (SSSR count). The van der Waals surface area contributed by atoms with E-state index in [9.17, 15) is 24.8 Å². The molecular weight excluding hydrogens is 312 g/mol. The van der Waals surface area contributed by atoms with Crippen molar-refractivity contribution in [1.29, 1.82) is 0 Å². The van der Waals surface area contributed by atoms with Gasteiger partial charge in [0.25, 0.3) is 17.5 Å². The zero-order valence-electron chi connectivity index (χ0n) is 12.6. The number of nitro benzene ring substituents is 1. The normalized spacial score (nSPS) is 14.6. The van der Waals surface area contributed by atoms with E-state index < -0.39 is 35.1 Å².